The van der Waals surface area contributed by atoms with Crippen LogP contribution >= 0.6 is 0 Å². The highest BCUT2D eigenvalue weighted by Crippen LogP contribution is 2.13. The highest BCUT2D eigenvalue weighted by molar-refractivity contribution is 5.83. The molecule has 3 N–H and O–H groups in total. The van der Waals surface area contributed by atoms with Crippen molar-refractivity contribution < 1.29 is 9.59 Å². The molecule has 5 heteroatoms. The normalized spacial score (nSPS) is 23.8. The molecule has 1 saturated heterocycles. The maximum atomic E-state index is 11.8. The van der Waals surface area contributed by atoms with Crippen molar-refractivity contribution in [2.75, 3.05) is 13.1 Å². The first kappa shape index (κ1) is 14.0. The smallest absolute Gasteiger partial charge is 0.237 e. The third kappa shape index (κ3) is 4.73. The number of nitrogens with one attached hydrogen (secondary N) is 3. The minimum Gasteiger partial charge on any atom is -0.354 e. The van der Waals surface area contributed by atoms with Crippen LogP contribution < -0.4 is 16.0 Å². The lowest BCUT2D eigenvalue weighted by Gasteiger charge is -2.15. The van der Waals surface area contributed by atoms with Crippen LogP contribution in [0.5, 0.6) is 0 Å². The zero-order valence-electron chi connectivity index (χ0n) is 10.9. The van der Waals surface area contributed by atoms with E-state index < -0.39 is 0 Å². The van der Waals surface area contributed by atoms with Gasteiger partial charge in [0.25, 0.3) is 0 Å². The van der Waals surface area contributed by atoms with Crippen molar-refractivity contribution in [2.24, 2.45) is 5.92 Å². The van der Waals surface area contributed by atoms with Crippen molar-refractivity contribution >= 4 is 11.8 Å². The zero-order valence-corrected chi connectivity index (χ0v) is 10.9. The lowest BCUT2D eigenvalue weighted by atomic mass is 10.0. The van der Waals surface area contributed by atoms with Crippen molar-refractivity contribution in [2.45, 2.75) is 45.7 Å². The molecule has 0 aliphatic carbocycles. The van der Waals surface area contributed by atoms with E-state index in [1.807, 2.05) is 13.8 Å². The Morgan fingerprint density at radius 3 is 2.65 bits per heavy atom. The monoisotopic (exact) mass is 241 g/mol. The van der Waals surface area contributed by atoms with Gasteiger partial charge in [-0.1, -0.05) is 6.92 Å². The summed E-state index contributed by atoms with van der Waals surface area (Å²) >= 11 is 0. The van der Waals surface area contributed by atoms with Crippen molar-refractivity contribution in [1.29, 1.82) is 0 Å². The maximum absolute atomic E-state index is 11.8. The van der Waals surface area contributed by atoms with E-state index in [-0.39, 0.29) is 23.9 Å². The summed E-state index contributed by atoms with van der Waals surface area (Å²) in [6.45, 7) is 7.20. The van der Waals surface area contributed by atoms with E-state index in [0.717, 1.165) is 13.0 Å². The van der Waals surface area contributed by atoms with Gasteiger partial charge in [-0.25, -0.2) is 0 Å². The zero-order chi connectivity index (χ0) is 12.8. The third-order valence-electron chi connectivity index (χ3n) is 2.92. The highest BCUT2D eigenvalue weighted by atomic mass is 16.2. The number of carbonyl (C=O) groups excluding carboxylic acids is 2. The van der Waals surface area contributed by atoms with Crippen LogP contribution in [-0.4, -0.2) is 37.0 Å². The van der Waals surface area contributed by atoms with Crippen LogP contribution in [0.4, 0.5) is 0 Å². The molecule has 1 heterocycles. The van der Waals surface area contributed by atoms with Crippen molar-refractivity contribution in [1.82, 2.24) is 16.0 Å². The van der Waals surface area contributed by atoms with Gasteiger partial charge in [0, 0.05) is 19.0 Å². The molecular weight excluding hydrogens is 218 g/mol. The van der Waals surface area contributed by atoms with Crippen molar-refractivity contribution in [3.63, 3.8) is 0 Å². The van der Waals surface area contributed by atoms with Crippen LogP contribution in [0.2, 0.25) is 0 Å². The van der Waals surface area contributed by atoms with Gasteiger partial charge in [-0.15, -0.1) is 0 Å². The van der Waals surface area contributed by atoms with Gasteiger partial charge in [0.05, 0.1) is 6.04 Å². The molecule has 17 heavy (non-hydrogen) atoms. The van der Waals surface area contributed by atoms with Crippen LogP contribution in [0.15, 0.2) is 0 Å². The molecule has 1 fully saturated rings. The molecule has 0 saturated carbocycles. The number of carbonyl (C=O) groups is 2. The van der Waals surface area contributed by atoms with Gasteiger partial charge in [-0.3, -0.25) is 9.59 Å². The van der Waals surface area contributed by atoms with Crippen LogP contribution in [-0.2, 0) is 9.59 Å². The molecule has 5 nitrogen and oxygen atoms in total. The first-order chi connectivity index (χ1) is 8.00. The SMILES string of the molecule is CC(C)NC(=O)CCNC(=O)C1NCCC1C. The standard InChI is InChI=1S/C12H23N3O2/c1-8(2)15-10(16)5-7-14-12(17)11-9(3)4-6-13-11/h8-9,11,13H,4-7H2,1-3H3,(H,14,17)(H,15,16). The Morgan fingerprint density at radius 2 is 2.12 bits per heavy atom. The fraction of sp³-hybridized carbons (Fsp3) is 0.833. The number of hydrogen-bond donors (Lipinski definition) is 3. The van der Waals surface area contributed by atoms with Gasteiger partial charge in [-0.05, 0) is 32.7 Å². The second-order valence-corrected chi connectivity index (χ2v) is 4.96. The topological polar surface area (TPSA) is 70.2 Å². The van der Waals surface area contributed by atoms with E-state index in [4.69, 9.17) is 0 Å². The Morgan fingerprint density at radius 1 is 1.41 bits per heavy atom. The molecule has 0 radical (unpaired) electrons. The van der Waals surface area contributed by atoms with Crippen molar-refractivity contribution in [3.8, 4) is 0 Å². The van der Waals surface area contributed by atoms with E-state index in [9.17, 15) is 9.59 Å². The fourth-order valence-electron chi connectivity index (χ4n) is 1.99. The average molecular weight is 241 g/mol. The second-order valence-electron chi connectivity index (χ2n) is 4.96. The van der Waals surface area contributed by atoms with E-state index in [1.165, 1.54) is 0 Å². The predicted octanol–water partition coefficient (Wildman–Crippen LogP) is 0.0153. The number of rotatable bonds is 5. The maximum Gasteiger partial charge on any atom is 0.237 e. The molecule has 0 aromatic rings. The molecule has 1 aliphatic rings. The molecule has 1 rings (SSSR count). The quantitative estimate of drug-likeness (QED) is 0.635. The summed E-state index contributed by atoms with van der Waals surface area (Å²) < 4.78 is 0. The summed E-state index contributed by atoms with van der Waals surface area (Å²) in [7, 11) is 0. The summed E-state index contributed by atoms with van der Waals surface area (Å²) in [4.78, 5) is 23.1. The summed E-state index contributed by atoms with van der Waals surface area (Å²) in [6, 6.07) is 0.0536. The molecule has 98 valence electrons. The van der Waals surface area contributed by atoms with Gasteiger partial charge in [-0.2, -0.15) is 0 Å². The van der Waals surface area contributed by atoms with E-state index >= 15 is 0 Å². The van der Waals surface area contributed by atoms with Crippen LogP contribution in [0, 0.1) is 5.92 Å². The molecule has 0 spiro atoms. The van der Waals surface area contributed by atoms with E-state index in [1.54, 1.807) is 0 Å². The Hall–Kier alpha value is -1.10. The highest BCUT2D eigenvalue weighted by Gasteiger charge is 2.28. The van der Waals surface area contributed by atoms with Gasteiger partial charge >= 0.3 is 0 Å². The van der Waals surface area contributed by atoms with Crippen LogP contribution in [0.1, 0.15) is 33.6 Å². The lowest BCUT2D eigenvalue weighted by Crippen LogP contribution is -2.44. The first-order valence-electron chi connectivity index (χ1n) is 6.31. The Labute approximate surface area is 103 Å². The largest absolute Gasteiger partial charge is 0.354 e. The number of amides is 2. The Balaban J connectivity index is 2.18. The predicted molar refractivity (Wildman–Crippen MR) is 66.5 cm³/mol. The minimum atomic E-state index is -0.0943. The van der Waals surface area contributed by atoms with Gasteiger partial charge < -0.3 is 16.0 Å². The molecule has 0 bridgehead atoms. The third-order valence-corrected chi connectivity index (χ3v) is 2.92. The average Bonchev–Trinajstić information content (AvgIpc) is 2.63. The molecule has 0 aromatic carbocycles. The van der Waals surface area contributed by atoms with Crippen LogP contribution in [0.3, 0.4) is 0 Å². The molecule has 0 aromatic heterocycles. The van der Waals surface area contributed by atoms with Gasteiger partial charge in [0.1, 0.15) is 0 Å². The fourth-order valence-corrected chi connectivity index (χ4v) is 1.99. The van der Waals surface area contributed by atoms with Crippen molar-refractivity contribution in [3.05, 3.63) is 0 Å². The molecule has 2 atom stereocenters. The summed E-state index contributed by atoms with van der Waals surface area (Å²) in [6.07, 6.45) is 1.37. The Kier molecular flexibility index (Phi) is 5.41. The minimum absolute atomic E-state index is 0.00680. The first-order valence-corrected chi connectivity index (χ1v) is 6.31. The number of hydrogen-bond acceptors (Lipinski definition) is 3. The summed E-state index contributed by atoms with van der Waals surface area (Å²) in [5.41, 5.74) is 0. The summed E-state index contributed by atoms with van der Waals surface area (Å²) in [5, 5.41) is 8.75. The second kappa shape index (κ2) is 6.59. The molecule has 2 unspecified atom stereocenters. The van der Waals surface area contributed by atoms with E-state index in [2.05, 4.69) is 22.9 Å². The molecular formula is C12H23N3O2. The van der Waals surface area contributed by atoms with Crippen LogP contribution in [0.25, 0.3) is 0 Å². The summed E-state index contributed by atoms with van der Waals surface area (Å²) in [5.74, 6) is 0.361. The van der Waals surface area contributed by atoms with Gasteiger partial charge in [0.15, 0.2) is 0 Å². The lowest BCUT2D eigenvalue weighted by molar-refractivity contribution is -0.124. The Bertz CT molecular complexity index is 279. The molecule has 2 amide bonds. The molecule has 1 aliphatic heterocycles. The van der Waals surface area contributed by atoms with Gasteiger partial charge in [0.2, 0.25) is 11.8 Å². The van der Waals surface area contributed by atoms with E-state index in [0.29, 0.717) is 18.9 Å².